The fraction of sp³-hybridized carbons (Fsp3) is 0.286. The van der Waals surface area contributed by atoms with Crippen molar-refractivity contribution in [2.75, 3.05) is 32.7 Å². The second-order valence-electron chi connectivity index (χ2n) is 8.40. The van der Waals surface area contributed by atoms with Crippen molar-refractivity contribution >= 4 is 11.8 Å². The number of piperazine rings is 1. The number of amides is 2. The number of hydrogen-bond donors (Lipinski definition) is 1. The molecule has 0 aromatic heterocycles. The molecule has 5 heteroatoms. The summed E-state index contributed by atoms with van der Waals surface area (Å²) in [5.41, 5.74) is 3.51. The van der Waals surface area contributed by atoms with Gasteiger partial charge in [0.2, 0.25) is 11.8 Å². The van der Waals surface area contributed by atoms with Crippen molar-refractivity contribution < 1.29 is 9.59 Å². The van der Waals surface area contributed by atoms with Crippen LogP contribution < -0.4 is 5.32 Å². The second-order valence-corrected chi connectivity index (χ2v) is 8.40. The first kappa shape index (κ1) is 22.7. The zero-order valence-electron chi connectivity index (χ0n) is 18.9. The largest absolute Gasteiger partial charge is 0.355 e. The van der Waals surface area contributed by atoms with E-state index < -0.39 is 0 Å². The Morgan fingerprint density at radius 1 is 0.727 bits per heavy atom. The lowest BCUT2D eigenvalue weighted by Crippen LogP contribution is -2.50. The molecule has 2 amide bonds. The molecule has 1 heterocycles. The van der Waals surface area contributed by atoms with E-state index in [-0.39, 0.29) is 17.9 Å². The Balaban J connectivity index is 1.27. The maximum absolute atomic E-state index is 12.7. The average Bonchev–Trinajstić information content (AvgIpc) is 2.86. The van der Waals surface area contributed by atoms with Gasteiger partial charge in [-0.25, -0.2) is 0 Å². The molecule has 1 fully saturated rings. The first-order valence-corrected chi connectivity index (χ1v) is 11.6. The number of nitrogens with one attached hydrogen (secondary N) is 1. The first-order chi connectivity index (χ1) is 16.2. The van der Waals surface area contributed by atoms with Crippen LogP contribution in [0.5, 0.6) is 0 Å². The van der Waals surface area contributed by atoms with E-state index >= 15 is 0 Å². The number of carbonyl (C=O) groups is 2. The van der Waals surface area contributed by atoms with Gasteiger partial charge >= 0.3 is 0 Å². The van der Waals surface area contributed by atoms with Crippen molar-refractivity contribution in [1.29, 1.82) is 0 Å². The molecule has 4 rings (SSSR count). The minimum atomic E-state index is -0.0487. The zero-order valence-corrected chi connectivity index (χ0v) is 18.9. The third-order valence-corrected chi connectivity index (χ3v) is 6.13. The number of benzene rings is 3. The van der Waals surface area contributed by atoms with Gasteiger partial charge in [-0.3, -0.25) is 14.5 Å². The lowest BCUT2D eigenvalue weighted by atomic mass is 9.96. The van der Waals surface area contributed by atoms with Crippen LogP contribution >= 0.6 is 0 Å². The van der Waals surface area contributed by atoms with E-state index in [4.69, 9.17) is 0 Å². The third kappa shape index (κ3) is 6.30. The molecule has 0 aliphatic carbocycles. The summed E-state index contributed by atoms with van der Waals surface area (Å²) in [6.45, 7) is 3.42. The van der Waals surface area contributed by atoms with E-state index in [2.05, 4.69) is 58.7 Å². The molecule has 0 radical (unpaired) electrons. The summed E-state index contributed by atoms with van der Waals surface area (Å²) in [5.74, 6) is 0.0537. The van der Waals surface area contributed by atoms with Gasteiger partial charge in [-0.15, -0.1) is 0 Å². The summed E-state index contributed by atoms with van der Waals surface area (Å²) in [5, 5.41) is 2.87. The Labute approximate surface area is 196 Å². The van der Waals surface area contributed by atoms with Crippen molar-refractivity contribution in [2.45, 2.75) is 18.9 Å². The summed E-state index contributed by atoms with van der Waals surface area (Å²) in [6, 6.07) is 30.9. The van der Waals surface area contributed by atoms with Gasteiger partial charge in [0.05, 0.1) is 12.5 Å². The fourth-order valence-corrected chi connectivity index (χ4v) is 4.42. The summed E-state index contributed by atoms with van der Waals surface area (Å²) >= 11 is 0. The number of nitrogens with zero attached hydrogens (tertiary/aromatic N) is 2. The second kappa shape index (κ2) is 11.4. The SMILES string of the molecule is O=C(Cc1ccccc1)NCCC(=O)N1CCN(C(c2ccccc2)c2ccccc2)CC1. The molecular formula is C28H31N3O2. The predicted octanol–water partition coefficient (Wildman–Crippen LogP) is 3.67. The topological polar surface area (TPSA) is 52.7 Å². The Kier molecular flexibility index (Phi) is 7.88. The quantitative estimate of drug-likeness (QED) is 0.580. The van der Waals surface area contributed by atoms with Crippen LogP contribution in [0, 0.1) is 0 Å². The number of hydrogen-bond acceptors (Lipinski definition) is 3. The Hall–Kier alpha value is -3.44. The normalized spacial score (nSPS) is 14.3. The van der Waals surface area contributed by atoms with Gasteiger partial charge in [0.15, 0.2) is 0 Å². The molecule has 5 nitrogen and oxygen atoms in total. The molecule has 170 valence electrons. The maximum Gasteiger partial charge on any atom is 0.224 e. The highest BCUT2D eigenvalue weighted by Gasteiger charge is 2.27. The van der Waals surface area contributed by atoms with E-state index in [1.54, 1.807) is 0 Å². The lowest BCUT2D eigenvalue weighted by Gasteiger charge is -2.40. The van der Waals surface area contributed by atoms with Crippen LogP contribution in [0.1, 0.15) is 29.2 Å². The van der Waals surface area contributed by atoms with E-state index in [0.717, 1.165) is 18.7 Å². The minimum Gasteiger partial charge on any atom is -0.355 e. The van der Waals surface area contributed by atoms with Gasteiger partial charge in [0.25, 0.3) is 0 Å². The molecule has 0 spiro atoms. The average molecular weight is 442 g/mol. The first-order valence-electron chi connectivity index (χ1n) is 11.6. The van der Waals surface area contributed by atoms with Crippen LogP contribution in [-0.4, -0.2) is 54.3 Å². The van der Waals surface area contributed by atoms with Crippen molar-refractivity contribution in [1.82, 2.24) is 15.1 Å². The molecule has 0 saturated carbocycles. The van der Waals surface area contributed by atoms with Gasteiger partial charge < -0.3 is 10.2 Å². The highest BCUT2D eigenvalue weighted by Crippen LogP contribution is 2.29. The van der Waals surface area contributed by atoms with Crippen molar-refractivity contribution in [3.63, 3.8) is 0 Å². The summed E-state index contributed by atoms with van der Waals surface area (Å²) in [6.07, 6.45) is 0.676. The van der Waals surface area contributed by atoms with Crippen LogP contribution in [-0.2, 0) is 16.0 Å². The third-order valence-electron chi connectivity index (χ3n) is 6.13. The van der Waals surface area contributed by atoms with Crippen LogP contribution in [0.2, 0.25) is 0 Å². The molecule has 0 unspecified atom stereocenters. The molecule has 0 bridgehead atoms. The summed E-state index contributed by atoms with van der Waals surface area (Å²) in [4.78, 5) is 29.2. The highest BCUT2D eigenvalue weighted by molar-refractivity contribution is 5.80. The molecule has 1 aliphatic heterocycles. The van der Waals surface area contributed by atoms with Crippen LogP contribution in [0.4, 0.5) is 0 Å². The number of rotatable bonds is 8. The molecule has 0 atom stereocenters. The van der Waals surface area contributed by atoms with Crippen LogP contribution in [0.25, 0.3) is 0 Å². The van der Waals surface area contributed by atoms with E-state index in [1.165, 1.54) is 11.1 Å². The van der Waals surface area contributed by atoms with Gasteiger partial charge in [0.1, 0.15) is 0 Å². The minimum absolute atomic E-state index is 0.0487. The standard InChI is InChI=1S/C28H31N3O2/c32-26(22-23-10-4-1-5-11-23)29-17-16-27(33)30-18-20-31(21-19-30)28(24-12-6-2-7-13-24)25-14-8-3-9-15-25/h1-15,28H,16-22H2,(H,29,32). The number of carbonyl (C=O) groups excluding carboxylic acids is 2. The fourth-order valence-electron chi connectivity index (χ4n) is 4.42. The van der Waals surface area contributed by atoms with Crippen molar-refractivity contribution in [3.8, 4) is 0 Å². The maximum atomic E-state index is 12.7. The smallest absolute Gasteiger partial charge is 0.224 e. The van der Waals surface area contributed by atoms with Gasteiger partial charge in [-0.1, -0.05) is 91.0 Å². The van der Waals surface area contributed by atoms with Crippen LogP contribution in [0.3, 0.4) is 0 Å². The monoisotopic (exact) mass is 441 g/mol. The van der Waals surface area contributed by atoms with Gasteiger partial charge in [-0.05, 0) is 16.7 Å². The lowest BCUT2D eigenvalue weighted by molar-refractivity contribution is -0.133. The predicted molar refractivity (Wildman–Crippen MR) is 131 cm³/mol. The molecule has 3 aromatic carbocycles. The van der Waals surface area contributed by atoms with Crippen molar-refractivity contribution in [2.24, 2.45) is 0 Å². The molecule has 33 heavy (non-hydrogen) atoms. The molecule has 1 N–H and O–H groups in total. The highest BCUT2D eigenvalue weighted by atomic mass is 16.2. The molecular weight excluding hydrogens is 410 g/mol. The Morgan fingerprint density at radius 2 is 1.24 bits per heavy atom. The van der Waals surface area contributed by atoms with Gasteiger partial charge in [0, 0.05) is 39.1 Å². The molecule has 3 aromatic rings. The Bertz CT molecular complexity index is 977. The Morgan fingerprint density at radius 3 is 1.79 bits per heavy atom. The van der Waals surface area contributed by atoms with E-state index in [1.807, 2.05) is 47.4 Å². The zero-order chi connectivity index (χ0) is 22.9. The summed E-state index contributed by atoms with van der Waals surface area (Å²) < 4.78 is 0. The molecule has 1 saturated heterocycles. The van der Waals surface area contributed by atoms with E-state index in [0.29, 0.717) is 32.5 Å². The molecule has 1 aliphatic rings. The van der Waals surface area contributed by atoms with E-state index in [9.17, 15) is 9.59 Å². The van der Waals surface area contributed by atoms with Crippen LogP contribution in [0.15, 0.2) is 91.0 Å². The van der Waals surface area contributed by atoms with Gasteiger partial charge in [-0.2, -0.15) is 0 Å². The summed E-state index contributed by atoms with van der Waals surface area (Å²) in [7, 11) is 0. The van der Waals surface area contributed by atoms with Crippen molar-refractivity contribution in [3.05, 3.63) is 108 Å².